The molecular formula is C24H24BrFN2O3. The van der Waals surface area contributed by atoms with Crippen molar-refractivity contribution in [2.24, 2.45) is 21.4 Å². The van der Waals surface area contributed by atoms with E-state index in [2.05, 4.69) is 47.2 Å². The van der Waals surface area contributed by atoms with Crippen LogP contribution in [0.25, 0.3) is 0 Å². The van der Waals surface area contributed by atoms with Crippen molar-refractivity contribution in [3.8, 4) is 0 Å². The van der Waals surface area contributed by atoms with E-state index in [-0.39, 0.29) is 17.1 Å². The molecule has 2 fully saturated rings. The van der Waals surface area contributed by atoms with Crippen LogP contribution in [0.5, 0.6) is 0 Å². The van der Waals surface area contributed by atoms with Crippen LogP contribution in [0.3, 0.4) is 0 Å². The number of nitrogens with one attached hydrogen (secondary N) is 1. The lowest BCUT2D eigenvalue weighted by atomic mass is 9.64. The number of hydrogen-bond acceptors (Lipinski definition) is 4. The van der Waals surface area contributed by atoms with Crippen molar-refractivity contribution >= 4 is 39.2 Å². The van der Waals surface area contributed by atoms with Crippen LogP contribution < -0.4 is 5.32 Å². The summed E-state index contributed by atoms with van der Waals surface area (Å²) in [5.41, 5.74) is 0.205. The average Bonchev–Trinajstić information content (AvgIpc) is 3.04. The summed E-state index contributed by atoms with van der Waals surface area (Å²) < 4.78 is 13.9. The summed E-state index contributed by atoms with van der Waals surface area (Å²) in [5, 5.41) is 7.20. The van der Waals surface area contributed by atoms with E-state index in [4.69, 9.17) is 4.84 Å². The van der Waals surface area contributed by atoms with Gasteiger partial charge in [-0.1, -0.05) is 38.1 Å². The number of oxime groups is 1. The SMILES string of the molecule is CC12CCC(C(=O)Nc3ccc(F)cc3)(CC1=NOC(=O)c1ccccc1Br)C2(C)C. The number of fused-ring (bicyclic) bond motifs is 2. The van der Waals surface area contributed by atoms with Crippen molar-refractivity contribution in [1.82, 2.24) is 0 Å². The van der Waals surface area contributed by atoms with Crippen LogP contribution in [0.1, 0.15) is 50.4 Å². The Morgan fingerprint density at radius 1 is 1.06 bits per heavy atom. The number of amides is 1. The molecule has 2 atom stereocenters. The topological polar surface area (TPSA) is 67.8 Å². The summed E-state index contributed by atoms with van der Waals surface area (Å²) in [7, 11) is 0. The molecule has 4 rings (SSSR count). The van der Waals surface area contributed by atoms with Crippen LogP contribution >= 0.6 is 15.9 Å². The molecule has 2 aliphatic rings. The standard InChI is InChI=1S/C24H24BrFN2O3/c1-22(2)23(3)12-13-24(22,21(30)27-16-10-8-15(26)9-11-16)14-19(23)28-31-20(29)17-6-4-5-7-18(17)25/h4-11H,12-14H2,1-3H3,(H,27,30). The van der Waals surface area contributed by atoms with Gasteiger partial charge in [0, 0.05) is 22.0 Å². The molecule has 7 heteroatoms. The van der Waals surface area contributed by atoms with Gasteiger partial charge < -0.3 is 10.2 Å². The third-order valence-electron chi connectivity index (χ3n) is 7.60. The summed E-state index contributed by atoms with van der Waals surface area (Å²) in [4.78, 5) is 31.2. The Morgan fingerprint density at radius 2 is 1.74 bits per heavy atom. The van der Waals surface area contributed by atoms with Crippen molar-refractivity contribution in [2.45, 2.75) is 40.0 Å². The Kier molecular flexibility index (Phi) is 5.28. The molecule has 31 heavy (non-hydrogen) atoms. The summed E-state index contributed by atoms with van der Waals surface area (Å²) in [6.07, 6.45) is 1.88. The first kappa shape index (κ1) is 21.7. The highest BCUT2D eigenvalue weighted by molar-refractivity contribution is 9.10. The van der Waals surface area contributed by atoms with Crippen LogP contribution in [0.15, 0.2) is 58.2 Å². The van der Waals surface area contributed by atoms with Crippen LogP contribution in [-0.2, 0) is 9.63 Å². The first-order valence-electron chi connectivity index (χ1n) is 10.2. The molecule has 0 aromatic heterocycles. The van der Waals surface area contributed by atoms with Crippen molar-refractivity contribution in [3.05, 3.63) is 64.4 Å². The highest BCUT2D eigenvalue weighted by Gasteiger charge is 2.71. The minimum Gasteiger partial charge on any atom is -0.326 e. The quantitative estimate of drug-likeness (QED) is 0.428. The summed E-state index contributed by atoms with van der Waals surface area (Å²) >= 11 is 3.35. The lowest BCUT2D eigenvalue weighted by Crippen LogP contribution is -2.43. The van der Waals surface area contributed by atoms with Crippen molar-refractivity contribution in [1.29, 1.82) is 0 Å². The fourth-order valence-corrected chi connectivity index (χ4v) is 5.53. The largest absolute Gasteiger partial charge is 0.366 e. The number of rotatable bonds is 4. The van der Waals surface area contributed by atoms with Crippen LogP contribution in [0, 0.1) is 22.1 Å². The fraction of sp³-hybridized carbons (Fsp3) is 0.375. The van der Waals surface area contributed by atoms with Gasteiger partial charge in [-0.15, -0.1) is 0 Å². The molecule has 5 nitrogen and oxygen atoms in total. The van der Waals surface area contributed by atoms with E-state index < -0.39 is 16.8 Å². The van der Waals surface area contributed by atoms with E-state index in [1.807, 2.05) is 6.07 Å². The molecule has 1 amide bonds. The Bertz CT molecular complexity index is 1080. The van der Waals surface area contributed by atoms with Crippen LogP contribution in [0.4, 0.5) is 10.1 Å². The lowest BCUT2D eigenvalue weighted by Gasteiger charge is -2.39. The number of anilines is 1. The van der Waals surface area contributed by atoms with Crippen LogP contribution in [0.2, 0.25) is 0 Å². The zero-order chi connectivity index (χ0) is 22.4. The van der Waals surface area contributed by atoms with Gasteiger partial charge in [-0.2, -0.15) is 0 Å². The predicted molar refractivity (Wildman–Crippen MR) is 120 cm³/mol. The molecular weight excluding hydrogens is 463 g/mol. The van der Waals surface area contributed by atoms with Gasteiger partial charge in [-0.05, 0) is 70.6 Å². The van der Waals surface area contributed by atoms with Gasteiger partial charge in [-0.25, -0.2) is 9.18 Å². The molecule has 0 saturated heterocycles. The Morgan fingerprint density at radius 3 is 2.42 bits per heavy atom. The third-order valence-corrected chi connectivity index (χ3v) is 8.29. The second-order valence-electron chi connectivity index (χ2n) is 9.07. The number of nitrogens with zero attached hydrogens (tertiary/aromatic N) is 1. The van der Waals surface area contributed by atoms with Gasteiger partial charge in [0.2, 0.25) is 5.91 Å². The number of benzene rings is 2. The van der Waals surface area contributed by atoms with Crippen molar-refractivity contribution in [3.63, 3.8) is 0 Å². The molecule has 0 heterocycles. The molecule has 2 aromatic carbocycles. The maximum atomic E-state index is 13.4. The van der Waals surface area contributed by atoms with Gasteiger partial charge in [0.1, 0.15) is 5.82 Å². The monoisotopic (exact) mass is 486 g/mol. The van der Waals surface area contributed by atoms with Crippen LogP contribution in [-0.4, -0.2) is 17.6 Å². The maximum Gasteiger partial charge on any atom is 0.366 e. The molecule has 0 spiro atoms. The number of halogens is 2. The molecule has 2 unspecified atom stereocenters. The van der Waals surface area contributed by atoms with Gasteiger partial charge in [0.15, 0.2) is 0 Å². The summed E-state index contributed by atoms with van der Waals surface area (Å²) in [6, 6.07) is 12.7. The first-order chi connectivity index (χ1) is 14.6. The van der Waals surface area contributed by atoms with E-state index in [9.17, 15) is 14.0 Å². The highest BCUT2D eigenvalue weighted by Crippen LogP contribution is 2.71. The van der Waals surface area contributed by atoms with Gasteiger partial charge in [-0.3, -0.25) is 4.79 Å². The molecule has 1 N–H and O–H groups in total. The second-order valence-corrected chi connectivity index (χ2v) is 9.93. The zero-order valence-electron chi connectivity index (χ0n) is 17.7. The van der Waals surface area contributed by atoms with Crippen molar-refractivity contribution < 1.29 is 18.8 Å². The Hall–Kier alpha value is -2.54. The van der Waals surface area contributed by atoms with Gasteiger partial charge in [0.05, 0.1) is 16.7 Å². The molecule has 2 bridgehead atoms. The smallest absolute Gasteiger partial charge is 0.326 e. The zero-order valence-corrected chi connectivity index (χ0v) is 19.3. The molecule has 2 aromatic rings. The number of carbonyl (C=O) groups is 2. The second kappa shape index (κ2) is 7.55. The van der Waals surface area contributed by atoms with Gasteiger partial charge >= 0.3 is 5.97 Å². The van der Waals surface area contributed by atoms with E-state index in [0.29, 0.717) is 28.6 Å². The minimum absolute atomic E-state index is 0.116. The van der Waals surface area contributed by atoms with Crippen molar-refractivity contribution in [2.75, 3.05) is 5.32 Å². The average molecular weight is 487 g/mol. The minimum atomic E-state index is -0.686. The fourth-order valence-electron chi connectivity index (χ4n) is 5.08. The molecule has 0 aliphatic heterocycles. The summed E-state index contributed by atoms with van der Waals surface area (Å²) in [5.74, 6) is -1.02. The molecule has 2 aliphatic carbocycles. The van der Waals surface area contributed by atoms with E-state index in [0.717, 1.165) is 12.1 Å². The van der Waals surface area contributed by atoms with E-state index in [1.54, 1.807) is 30.3 Å². The molecule has 2 saturated carbocycles. The normalized spacial score (nSPS) is 27.3. The number of carbonyl (C=O) groups excluding carboxylic acids is 2. The van der Waals surface area contributed by atoms with E-state index >= 15 is 0 Å². The first-order valence-corrected chi connectivity index (χ1v) is 11.0. The van der Waals surface area contributed by atoms with Gasteiger partial charge in [0.25, 0.3) is 0 Å². The lowest BCUT2D eigenvalue weighted by molar-refractivity contribution is -0.130. The third kappa shape index (κ3) is 3.30. The predicted octanol–water partition coefficient (Wildman–Crippen LogP) is 5.96. The molecule has 162 valence electrons. The highest BCUT2D eigenvalue weighted by atomic mass is 79.9. The summed E-state index contributed by atoms with van der Waals surface area (Å²) in [6.45, 7) is 6.22. The van der Waals surface area contributed by atoms with E-state index in [1.165, 1.54) is 12.1 Å². The molecule has 0 radical (unpaired) electrons. The maximum absolute atomic E-state index is 13.4. The Labute approximate surface area is 189 Å². The number of hydrogen-bond donors (Lipinski definition) is 1. The Balaban J connectivity index is 1.59.